The molecule has 12 heteroatoms. The number of allylic oxidation sites excluding steroid dienone is 1. The molecule has 0 fully saturated rings. The number of para-hydroxylation sites is 1. The number of primary amides is 1. The van der Waals surface area contributed by atoms with Gasteiger partial charge < -0.3 is 11.1 Å². The average molecular weight is 570 g/mol. The molecule has 4 aromatic rings. The van der Waals surface area contributed by atoms with Gasteiger partial charge in [0.1, 0.15) is 15.5 Å². The summed E-state index contributed by atoms with van der Waals surface area (Å²) in [6, 6.07) is 9.18. The third-order valence-corrected chi connectivity index (χ3v) is 9.54. The summed E-state index contributed by atoms with van der Waals surface area (Å²) in [4.78, 5) is 45.5. The number of benzene rings is 1. The first-order chi connectivity index (χ1) is 17.9. The van der Waals surface area contributed by atoms with E-state index in [4.69, 9.17) is 22.9 Å². The molecule has 1 aliphatic carbocycles. The Morgan fingerprint density at radius 1 is 1.22 bits per heavy atom. The Bertz CT molecular complexity index is 1650. The third kappa shape index (κ3) is 4.93. The van der Waals surface area contributed by atoms with Gasteiger partial charge in [0.05, 0.1) is 11.1 Å². The zero-order valence-corrected chi connectivity index (χ0v) is 23.0. The number of nitrogens with zero attached hydrogens (tertiary/aromatic N) is 3. The summed E-state index contributed by atoms with van der Waals surface area (Å²) in [7, 11) is 0. The lowest BCUT2D eigenvalue weighted by atomic mass is 9.97. The number of carbonyl (C=O) groups excluding carboxylic acids is 2. The first-order valence-corrected chi connectivity index (χ1v) is 14.6. The van der Waals surface area contributed by atoms with Crippen LogP contribution >= 0.6 is 46.7 Å². The molecule has 0 aliphatic heterocycles. The fourth-order valence-electron chi connectivity index (χ4n) is 4.38. The van der Waals surface area contributed by atoms with Crippen molar-refractivity contribution in [1.82, 2.24) is 14.1 Å². The molecule has 1 aromatic carbocycles. The molecule has 190 valence electrons. The van der Waals surface area contributed by atoms with Gasteiger partial charge in [0.2, 0.25) is 5.91 Å². The van der Waals surface area contributed by atoms with Gasteiger partial charge in [0, 0.05) is 17.1 Å². The molecule has 0 bridgehead atoms. The largest absolute Gasteiger partial charge is 0.365 e. The second-order valence-corrected chi connectivity index (χ2v) is 12.1. The number of anilines is 1. The fourth-order valence-corrected chi connectivity index (χ4v) is 7.74. The fraction of sp³-hybridized carbons (Fsp3) is 0.240. The number of aromatic nitrogens is 3. The van der Waals surface area contributed by atoms with Gasteiger partial charge in [-0.1, -0.05) is 47.4 Å². The SMILES string of the molecule is C=CCn1c(SCC(=O)Nc2c(C(N)=O)sc(=S)n2-c2ccccc2)nc2sc3c(c2c1=O)CCCC3. The number of thiophene rings is 1. The average Bonchev–Trinajstić information content (AvgIpc) is 3.42. The van der Waals surface area contributed by atoms with Crippen LogP contribution in [0, 0.1) is 3.95 Å². The summed E-state index contributed by atoms with van der Waals surface area (Å²) in [5.41, 5.74) is 7.30. The predicted molar refractivity (Wildman–Crippen MR) is 153 cm³/mol. The minimum atomic E-state index is -0.678. The molecule has 0 unspecified atom stereocenters. The van der Waals surface area contributed by atoms with Crippen LogP contribution in [0.2, 0.25) is 0 Å². The van der Waals surface area contributed by atoms with Crippen molar-refractivity contribution in [1.29, 1.82) is 0 Å². The lowest BCUT2D eigenvalue weighted by Crippen LogP contribution is -2.24. The molecular formula is C25H23N5O3S4. The minimum Gasteiger partial charge on any atom is -0.365 e. The quantitative estimate of drug-likeness (QED) is 0.135. The van der Waals surface area contributed by atoms with Gasteiger partial charge in [0.25, 0.3) is 11.5 Å². The van der Waals surface area contributed by atoms with Crippen molar-refractivity contribution >= 4 is 74.5 Å². The summed E-state index contributed by atoms with van der Waals surface area (Å²) in [5.74, 6) is -0.857. The summed E-state index contributed by atoms with van der Waals surface area (Å²) in [5, 5.41) is 3.95. The van der Waals surface area contributed by atoms with E-state index in [0.29, 0.717) is 31.6 Å². The van der Waals surface area contributed by atoms with Crippen LogP contribution in [0.3, 0.4) is 0 Å². The van der Waals surface area contributed by atoms with Crippen LogP contribution in [0.25, 0.3) is 15.9 Å². The topological polar surface area (TPSA) is 112 Å². The van der Waals surface area contributed by atoms with Gasteiger partial charge in [0.15, 0.2) is 9.11 Å². The Morgan fingerprint density at radius 3 is 2.70 bits per heavy atom. The number of nitrogens with one attached hydrogen (secondary N) is 1. The van der Waals surface area contributed by atoms with Gasteiger partial charge in [-0.2, -0.15) is 0 Å². The van der Waals surface area contributed by atoms with E-state index in [-0.39, 0.29) is 27.9 Å². The van der Waals surface area contributed by atoms with Gasteiger partial charge in [-0.3, -0.25) is 23.5 Å². The van der Waals surface area contributed by atoms with E-state index in [1.165, 1.54) is 4.88 Å². The van der Waals surface area contributed by atoms with Crippen LogP contribution in [-0.2, 0) is 24.2 Å². The Hall–Kier alpha value is -3.06. The number of rotatable bonds is 8. The number of amides is 2. The molecule has 0 spiro atoms. The molecule has 0 radical (unpaired) electrons. The molecule has 0 saturated heterocycles. The van der Waals surface area contributed by atoms with Crippen molar-refractivity contribution < 1.29 is 9.59 Å². The number of hydrogen-bond donors (Lipinski definition) is 2. The maximum Gasteiger partial charge on any atom is 0.263 e. The normalized spacial score (nSPS) is 12.9. The van der Waals surface area contributed by atoms with E-state index in [2.05, 4.69) is 11.9 Å². The molecule has 1 aliphatic rings. The van der Waals surface area contributed by atoms with Gasteiger partial charge in [-0.05, 0) is 55.6 Å². The maximum absolute atomic E-state index is 13.4. The van der Waals surface area contributed by atoms with Crippen molar-refractivity contribution in [3.05, 3.63) is 72.6 Å². The summed E-state index contributed by atoms with van der Waals surface area (Å²) >= 11 is 9.23. The Kier molecular flexibility index (Phi) is 7.43. The van der Waals surface area contributed by atoms with Crippen LogP contribution in [-0.4, -0.2) is 31.7 Å². The van der Waals surface area contributed by atoms with Crippen LogP contribution in [0.5, 0.6) is 0 Å². The van der Waals surface area contributed by atoms with Crippen molar-refractivity contribution in [3.8, 4) is 5.69 Å². The highest BCUT2D eigenvalue weighted by Crippen LogP contribution is 2.35. The molecule has 5 rings (SSSR count). The Balaban J connectivity index is 1.45. The van der Waals surface area contributed by atoms with Crippen LogP contribution < -0.4 is 16.6 Å². The molecule has 0 saturated carbocycles. The molecule has 3 heterocycles. The summed E-state index contributed by atoms with van der Waals surface area (Å²) in [6.07, 6.45) is 5.70. The van der Waals surface area contributed by atoms with Crippen LogP contribution in [0.4, 0.5) is 5.82 Å². The van der Waals surface area contributed by atoms with Gasteiger partial charge >= 0.3 is 0 Å². The number of thiazole rings is 1. The van der Waals surface area contributed by atoms with Crippen molar-refractivity contribution in [2.45, 2.75) is 37.4 Å². The molecule has 2 amide bonds. The molecule has 37 heavy (non-hydrogen) atoms. The zero-order valence-electron chi connectivity index (χ0n) is 19.7. The first-order valence-electron chi connectivity index (χ1n) is 11.6. The van der Waals surface area contributed by atoms with E-state index < -0.39 is 5.91 Å². The number of fused-ring (bicyclic) bond motifs is 3. The Labute approximate surface area is 229 Å². The smallest absolute Gasteiger partial charge is 0.263 e. The van der Waals surface area contributed by atoms with Crippen molar-refractivity contribution in [2.75, 3.05) is 11.1 Å². The number of carbonyl (C=O) groups is 2. The third-order valence-electron chi connectivity index (χ3n) is 5.99. The van der Waals surface area contributed by atoms with E-state index in [1.54, 1.807) is 26.5 Å². The molecule has 0 atom stereocenters. The monoisotopic (exact) mass is 569 g/mol. The zero-order chi connectivity index (χ0) is 26.1. The second kappa shape index (κ2) is 10.7. The van der Waals surface area contributed by atoms with Gasteiger partial charge in [-0.15, -0.1) is 17.9 Å². The number of nitrogens with two attached hydrogens (primary N) is 1. The maximum atomic E-state index is 13.4. The van der Waals surface area contributed by atoms with E-state index in [0.717, 1.165) is 54.3 Å². The minimum absolute atomic E-state index is 0.0320. The van der Waals surface area contributed by atoms with Crippen LogP contribution in [0.15, 0.2) is 52.9 Å². The lowest BCUT2D eigenvalue weighted by Gasteiger charge is -2.13. The number of thioether (sulfide) groups is 1. The molecular weight excluding hydrogens is 547 g/mol. The first kappa shape index (κ1) is 25.6. The van der Waals surface area contributed by atoms with E-state index >= 15 is 0 Å². The highest BCUT2D eigenvalue weighted by molar-refractivity contribution is 7.99. The standard InChI is InChI=1S/C25H23N5O3S4/c1-2-12-29-23(33)18-15-10-6-7-11-16(15)36-22(18)28-24(29)35-13-17(31)27-21-19(20(26)32)37-25(34)30(21)14-8-4-3-5-9-14/h2-5,8-9H,1,6-7,10-13H2,(H2,26,32)(H,27,31). The number of hydrogen-bond acceptors (Lipinski definition) is 8. The second-order valence-electron chi connectivity index (χ2n) is 8.41. The predicted octanol–water partition coefficient (Wildman–Crippen LogP) is 4.93. The van der Waals surface area contributed by atoms with Crippen molar-refractivity contribution in [2.24, 2.45) is 5.73 Å². The highest BCUT2D eigenvalue weighted by Gasteiger charge is 2.24. The molecule has 3 N–H and O–H groups in total. The van der Waals surface area contributed by atoms with E-state index in [9.17, 15) is 14.4 Å². The summed E-state index contributed by atoms with van der Waals surface area (Å²) in [6.45, 7) is 4.07. The molecule has 8 nitrogen and oxygen atoms in total. The lowest BCUT2D eigenvalue weighted by molar-refractivity contribution is -0.113. The molecule has 3 aromatic heterocycles. The van der Waals surface area contributed by atoms with Gasteiger partial charge in [-0.25, -0.2) is 4.98 Å². The highest BCUT2D eigenvalue weighted by atomic mass is 32.2. The number of aryl methyl sites for hydroxylation is 2. The Morgan fingerprint density at radius 2 is 1.97 bits per heavy atom. The summed E-state index contributed by atoms with van der Waals surface area (Å²) < 4.78 is 3.58. The van der Waals surface area contributed by atoms with Crippen molar-refractivity contribution in [3.63, 3.8) is 0 Å². The van der Waals surface area contributed by atoms with E-state index in [1.807, 2.05) is 30.3 Å². The van der Waals surface area contributed by atoms with Crippen LogP contribution in [0.1, 0.15) is 33.0 Å².